The fraction of sp³-hybridized carbons (Fsp3) is 0.200. The smallest absolute Gasteiger partial charge is 0.235 e. The third-order valence-corrected chi connectivity index (χ3v) is 5.66. The van der Waals surface area contributed by atoms with E-state index in [1.807, 2.05) is 41.9 Å². The first-order valence-electron chi connectivity index (χ1n) is 8.26. The molecule has 3 aromatic rings. The van der Waals surface area contributed by atoms with E-state index in [-0.39, 0.29) is 11.2 Å². The zero-order valence-electron chi connectivity index (χ0n) is 14.2. The molecule has 0 saturated carbocycles. The van der Waals surface area contributed by atoms with Gasteiger partial charge in [-0.05, 0) is 31.5 Å². The lowest BCUT2D eigenvalue weighted by Crippen LogP contribution is -2.15. The van der Waals surface area contributed by atoms with Crippen molar-refractivity contribution in [1.29, 1.82) is 0 Å². The number of fused-ring (bicyclic) bond motifs is 1. The minimum Gasteiger partial charge on any atom is -0.310 e. The number of carbonyl (C=O) groups is 1. The van der Waals surface area contributed by atoms with Crippen molar-refractivity contribution in [3.8, 4) is 5.69 Å². The molecule has 0 aliphatic carbocycles. The Hall–Kier alpha value is -2.53. The Bertz CT molecular complexity index is 916. The van der Waals surface area contributed by atoms with Gasteiger partial charge in [0.2, 0.25) is 5.91 Å². The summed E-state index contributed by atoms with van der Waals surface area (Å²) in [6.45, 7) is 4.07. The lowest BCUT2D eigenvalue weighted by atomic mass is 10.0. The van der Waals surface area contributed by atoms with Crippen LogP contribution >= 0.6 is 11.8 Å². The molecule has 0 fully saturated rings. The lowest BCUT2D eigenvalue weighted by molar-refractivity contribution is -0.113. The number of rotatable bonds is 2. The highest BCUT2D eigenvalue weighted by molar-refractivity contribution is 8.00. The number of carbonyl (C=O) groups excluding carboxylic acids is 1. The predicted octanol–water partition coefficient (Wildman–Crippen LogP) is 4.26. The molecular formula is C20H19N3OS. The second-order valence-corrected chi connectivity index (χ2v) is 7.34. The van der Waals surface area contributed by atoms with Gasteiger partial charge in [-0.2, -0.15) is 5.10 Å². The molecule has 1 aliphatic heterocycles. The van der Waals surface area contributed by atoms with E-state index in [2.05, 4.69) is 36.5 Å². The van der Waals surface area contributed by atoms with Crippen LogP contribution in [0.4, 0.5) is 5.82 Å². The topological polar surface area (TPSA) is 46.9 Å². The van der Waals surface area contributed by atoms with Gasteiger partial charge in [0.05, 0.1) is 22.4 Å². The molecule has 0 spiro atoms. The molecule has 4 rings (SSSR count). The van der Waals surface area contributed by atoms with E-state index in [1.54, 1.807) is 11.8 Å². The minimum atomic E-state index is 0.0120. The fourth-order valence-corrected chi connectivity index (χ4v) is 4.34. The highest BCUT2D eigenvalue weighted by Gasteiger charge is 2.30. The van der Waals surface area contributed by atoms with Crippen molar-refractivity contribution < 1.29 is 4.79 Å². The van der Waals surface area contributed by atoms with Crippen molar-refractivity contribution in [2.24, 2.45) is 0 Å². The van der Waals surface area contributed by atoms with E-state index in [9.17, 15) is 4.79 Å². The number of anilines is 1. The van der Waals surface area contributed by atoms with Crippen LogP contribution in [0.3, 0.4) is 0 Å². The fourth-order valence-electron chi connectivity index (χ4n) is 3.15. The third kappa shape index (κ3) is 2.96. The van der Waals surface area contributed by atoms with Crippen LogP contribution in [0.5, 0.6) is 0 Å². The number of thioether (sulfide) groups is 1. The molecule has 126 valence electrons. The summed E-state index contributed by atoms with van der Waals surface area (Å²) >= 11 is 1.65. The number of aryl methyl sites for hydroxylation is 2. The second kappa shape index (κ2) is 6.41. The normalized spacial score (nSPS) is 16.9. The highest BCUT2D eigenvalue weighted by Crippen LogP contribution is 2.43. The molecule has 1 amide bonds. The number of benzene rings is 2. The van der Waals surface area contributed by atoms with Gasteiger partial charge >= 0.3 is 0 Å². The van der Waals surface area contributed by atoms with Crippen molar-refractivity contribution in [2.45, 2.75) is 19.1 Å². The number of nitrogens with one attached hydrogen (secondary N) is 1. The zero-order chi connectivity index (χ0) is 17.4. The summed E-state index contributed by atoms with van der Waals surface area (Å²) in [7, 11) is 0. The van der Waals surface area contributed by atoms with E-state index in [0.717, 1.165) is 22.8 Å². The number of nitrogens with zero attached hydrogens (tertiary/aromatic N) is 2. The minimum absolute atomic E-state index is 0.0120. The summed E-state index contributed by atoms with van der Waals surface area (Å²) < 4.78 is 1.85. The van der Waals surface area contributed by atoms with Gasteiger partial charge in [0.15, 0.2) is 0 Å². The van der Waals surface area contributed by atoms with Gasteiger partial charge in [-0.15, -0.1) is 11.8 Å². The molecular weight excluding hydrogens is 330 g/mol. The van der Waals surface area contributed by atoms with E-state index in [0.29, 0.717) is 5.75 Å². The largest absolute Gasteiger partial charge is 0.310 e. The molecule has 0 saturated heterocycles. The summed E-state index contributed by atoms with van der Waals surface area (Å²) in [4.78, 5) is 12.3. The summed E-state index contributed by atoms with van der Waals surface area (Å²) in [5.41, 5.74) is 5.37. The van der Waals surface area contributed by atoms with Crippen LogP contribution in [-0.4, -0.2) is 21.4 Å². The molecule has 25 heavy (non-hydrogen) atoms. The molecule has 1 aromatic heterocycles. The average Bonchev–Trinajstić information content (AvgIpc) is 2.83. The van der Waals surface area contributed by atoms with Gasteiger partial charge in [0.1, 0.15) is 5.82 Å². The Labute approximate surface area is 151 Å². The monoisotopic (exact) mass is 349 g/mol. The van der Waals surface area contributed by atoms with Crippen LogP contribution in [0.2, 0.25) is 0 Å². The van der Waals surface area contributed by atoms with Gasteiger partial charge in [0.25, 0.3) is 0 Å². The molecule has 5 heteroatoms. The molecule has 1 N–H and O–H groups in total. The molecule has 0 radical (unpaired) electrons. The number of amides is 1. The number of hydrogen-bond donors (Lipinski definition) is 1. The summed E-state index contributed by atoms with van der Waals surface area (Å²) in [5.74, 6) is 1.23. The van der Waals surface area contributed by atoms with Crippen molar-refractivity contribution >= 4 is 23.5 Å². The van der Waals surface area contributed by atoms with Crippen LogP contribution in [0.1, 0.15) is 27.6 Å². The number of hydrogen-bond acceptors (Lipinski definition) is 3. The van der Waals surface area contributed by atoms with Gasteiger partial charge in [-0.3, -0.25) is 4.79 Å². The molecule has 1 atom stereocenters. The Morgan fingerprint density at radius 2 is 1.80 bits per heavy atom. The van der Waals surface area contributed by atoms with Crippen molar-refractivity contribution in [3.63, 3.8) is 0 Å². The summed E-state index contributed by atoms with van der Waals surface area (Å²) in [6, 6.07) is 18.5. The van der Waals surface area contributed by atoms with Crippen LogP contribution < -0.4 is 5.32 Å². The zero-order valence-corrected chi connectivity index (χ0v) is 15.0. The second-order valence-electron chi connectivity index (χ2n) is 6.24. The molecule has 0 bridgehead atoms. The maximum absolute atomic E-state index is 12.3. The molecule has 2 heterocycles. The maximum Gasteiger partial charge on any atom is 0.235 e. The lowest BCUT2D eigenvalue weighted by Gasteiger charge is -2.15. The Balaban J connectivity index is 1.89. The standard InChI is InChI=1S/C20H19N3OS/c1-13-8-10-16(11-9-13)23-20-18(14(2)22-23)19(25-12-17(24)21-20)15-6-4-3-5-7-15/h3-11,19H,12H2,1-2H3,(H,21,24). The van der Waals surface area contributed by atoms with E-state index < -0.39 is 0 Å². The van der Waals surface area contributed by atoms with E-state index in [1.165, 1.54) is 11.1 Å². The first-order valence-corrected chi connectivity index (χ1v) is 9.31. The van der Waals surface area contributed by atoms with Gasteiger partial charge in [-0.25, -0.2) is 4.68 Å². The molecule has 1 aliphatic rings. The summed E-state index contributed by atoms with van der Waals surface area (Å²) in [5, 5.41) is 7.89. The Kier molecular flexibility index (Phi) is 4.09. The van der Waals surface area contributed by atoms with Crippen molar-refractivity contribution in [3.05, 3.63) is 77.0 Å². The molecule has 2 aromatic carbocycles. The SMILES string of the molecule is Cc1ccc(-n2nc(C)c3c2NC(=O)CSC3c2ccccc2)cc1. The Morgan fingerprint density at radius 3 is 2.52 bits per heavy atom. The summed E-state index contributed by atoms with van der Waals surface area (Å²) in [6.07, 6.45) is 0. The van der Waals surface area contributed by atoms with Crippen molar-refractivity contribution in [2.75, 3.05) is 11.1 Å². The van der Waals surface area contributed by atoms with Crippen LogP contribution in [-0.2, 0) is 4.79 Å². The Morgan fingerprint density at radius 1 is 1.08 bits per heavy atom. The van der Waals surface area contributed by atoms with Gasteiger partial charge < -0.3 is 5.32 Å². The van der Waals surface area contributed by atoms with Crippen molar-refractivity contribution in [1.82, 2.24) is 9.78 Å². The molecule has 1 unspecified atom stereocenters. The van der Waals surface area contributed by atoms with Crippen LogP contribution in [0, 0.1) is 13.8 Å². The van der Waals surface area contributed by atoms with Gasteiger partial charge in [-0.1, -0.05) is 48.0 Å². The van der Waals surface area contributed by atoms with Gasteiger partial charge in [0, 0.05) is 5.56 Å². The van der Waals surface area contributed by atoms with Crippen LogP contribution in [0.15, 0.2) is 54.6 Å². The first kappa shape index (κ1) is 16.0. The first-order chi connectivity index (χ1) is 12.1. The number of aromatic nitrogens is 2. The average molecular weight is 349 g/mol. The maximum atomic E-state index is 12.3. The van der Waals surface area contributed by atoms with E-state index in [4.69, 9.17) is 5.10 Å². The quantitative estimate of drug-likeness (QED) is 0.752. The predicted molar refractivity (Wildman–Crippen MR) is 102 cm³/mol. The highest BCUT2D eigenvalue weighted by atomic mass is 32.2. The third-order valence-electron chi connectivity index (χ3n) is 4.39. The van der Waals surface area contributed by atoms with Crippen LogP contribution in [0.25, 0.3) is 5.69 Å². The van der Waals surface area contributed by atoms with E-state index >= 15 is 0 Å². The molecule has 4 nitrogen and oxygen atoms in total.